The van der Waals surface area contributed by atoms with Gasteiger partial charge in [0.15, 0.2) is 0 Å². The monoisotopic (exact) mass is 403 g/mol. The van der Waals surface area contributed by atoms with E-state index in [1.807, 2.05) is 31.2 Å². The molecule has 1 unspecified atom stereocenters. The Balaban J connectivity index is 2.11. The van der Waals surface area contributed by atoms with Crippen molar-refractivity contribution in [2.45, 2.75) is 19.5 Å². The third-order valence-electron chi connectivity index (χ3n) is 3.07. The van der Waals surface area contributed by atoms with Crippen LogP contribution in [0.2, 0.25) is 0 Å². The molecule has 0 aromatic heterocycles. The second-order valence-electron chi connectivity index (χ2n) is 4.48. The van der Waals surface area contributed by atoms with Crippen LogP contribution in [0.3, 0.4) is 0 Å². The van der Waals surface area contributed by atoms with Crippen molar-refractivity contribution in [3.8, 4) is 0 Å². The van der Waals surface area contributed by atoms with Gasteiger partial charge in [-0.15, -0.1) is 0 Å². The second-order valence-corrected chi connectivity index (χ2v) is 6.25. The summed E-state index contributed by atoms with van der Waals surface area (Å²) in [4.78, 5) is 0. The fourth-order valence-electron chi connectivity index (χ4n) is 1.88. The minimum absolute atomic E-state index is 0.00900. The summed E-state index contributed by atoms with van der Waals surface area (Å²) in [6.07, 6.45) is 0. The van der Waals surface area contributed by atoms with Crippen LogP contribution < -0.4 is 5.32 Å². The first-order valence-corrected chi connectivity index (χ1v) is 7.69. The van der Waals surface area contributed by atoms with Gasteiger partial charge in [-0.1, -0.05) is 28.1 Å². The fraction of sp³-hybridized carbons (Fsp3) is 0.200. The summed E-state index contributed by atoms with van der Waals surface area (Å²) in [5.74, 6) is -1.10. The maximum absolute atomic E-state index is 13.8. The molecule has 0 saturated heterocycles. The summed E-state index contributed by atoms with van der Waals surface area (Å²) >= 11 is 6.47. The molecule has 0 heterocycles. The van der Waals surface area contributed by atoms with Gasteiger partial charge in [0, 0.05) is 22.6 Å². The average molecular weight is 405 g/mol. The molecular formula is C15H13Br2F2N. The molecular weight excluding hydrogens is 392 g/mol. The topological polar surface area (TPSA) is 12.0 Å². The Bertz CT molecular complexity index is 617. The van der Waals surface area contributed by atoms with Crippen LogP contribution in [-0.4, -0.2) is 0 Å². The van der Waals surface area contributed by atoms with Gasteiger partial charge in [-0.2, -0.15) is 0 Å². The van der Waals surface area contributed by atoms with Crippen LogP contribution in [0, 0.1) is 11.6 Å². The van der Waals surface area contributed by atoms with E-state index < -0.39 is 11.6 Å². The number of nitrogens with one attached hydrogen (secondary N) is 1. The smallest absolute Gasteiger partial charge is 0.144 e. The van der Waals surface area contributed by atoms with Gasteiger partial charge in [0.1, 0.15) is 11.6 Å². The van der Waals surface area contributed by atoms with Crippen LogP contribution in [0.25, 0.3) is 0 Å². The molecule has 2 aromatic carbocycles. The van der Waals surface area contributed by atoms with Crippen LogP contribution >= 0.6 is 31.9 Å². The molecule has 0 aliphatic carbocycles. The molecule has 2 aromatic rings. The zero-order valence-corrected chi connectivity index (χ0v) is 13.9. The van der Waals surface area contributed by atoms with Crippen LogP contribution in [0.1, 0.15) is 24.1 Å². The summed E-state index contributed by atoms with van der Waals surface area (Å²) in [6, 6.07) is 10.4. The first-order valence-electron chi connectivity index (χ1n) is 6.10. The van der Waals surface area contributed by atoms with Crippen molar-refractivity contribution < 1.29 is 8.78 Å². The molecule has 106 valence electrons. The first-order chi connectivity index (χ1) is 9.49. The second kappa shape index (κ2) is 6.78. The predicted molar refractivity (Wildman–Crippen MR) is 83.5 cm³/mol. The van der Waals surface area contributed by atoms with E-state index in [0.717, 1.165) is 10.0 Å². The molecule has 20 heavy (non-hydrogen) atoms. The van der Waals surface area contributed by atoms with Crippen LogP contribution in [0.15, 0.2) is 45.3 Å². The number of benzene rings is 2. The lowest BCUT2D eigenvalue weighted by Gasteiger charge is -2.15. The van der Waals surface area contributed by atoms with E-state index in [4.69, 9.17) is 0 Å². The lowest BCUT2D eigenvalue weighted by atomic mass is 10.1. The summed E-state index contributed by atoms with van der Waals surface area (Å²) in [5, 5.41) is 3.13. The van der Waals surface area contributed by atoms with Gasteiger partial charge in [-0.25, -0.2) is 8.78 Å². The van der Waals surface area contributed by atoms with Crippen LogP contribution in [-0.2, 0) is 6.54 Å². The third-order valence-corrected chi connectivity index (χ3v) is 4.18. The van der Waals surface area contributed by atoms with E-state index in [1.54, 1.807) is 0 Å². The van der Waals surface area contributed by atoms with Crippen molar-refractivity contribution in [2.75, 3.05) is 0 Å². The van der Waals surface area contributed by atoms with Crippen molar-refractivity contribution in [2.24, 2.45) is 0 Å². The summed E-state index contributed by atoms with van der Waals surface area (Å²) < 4.78 is 28.7. The van der Waals surface area contributed by atoms with E-state index in [9.17, 15) is 8.78 Å². The van der Waals surface area contributed by atoms with E-state index in [-0.39, 0.29) is 22.6 Å². The van der Waals surface area contributed by atoms with Gasteiger partial charge < -0.3 is 5.32 Å². The van der Waals surface area contributed by atoms with E-state index in [1.165, 1.54) is 12.1 Å². The van der Waals surface area contributed by atoms with E-state index in [2.05, 4.69) is 37.2 Å². The van der Waals surface area contributed by atoms with Gasteiger partial charge in [-0.05, 0) is 52.7 Å². The largest absolute Gasteiger partial charge is 0.306 e. The standard InChI is InChI=1S/C15H13Br2F2N/c1-9(10-3-2-4-11(16)7-10)20-8-12-14(18)6-5-13(17)15(12)19/h2-7,9,20H,8H2,1H3. The molecule has 0 radical (unpaired) electrons. The maximum atomic E-state index is 13.8. The Hall–Kier alpha value is -0.780. The summed E-state index contributed by atoms with van der Waals surface area (Å²) in [5.41, 5.74) is 1.09. The number of halogens is 4. The molecule has 0 spiro atoms. The number of hydrogen-bond donors (Lipinski definition) is 1. The molecule has 0 amide bonds. The van der Waals surface area contributed by atoms with Gasteiger partial charge in [0.2, 0.25) is 0 Å². The van der Waals surface area contributed by atoms with Crippen molar-refractivity contribution in [1.82, 2.24) is 5.32 Å². The molecule has 1 N–H and O–H groups in total. The molecule has 0 fully saturated rings. The minimum Gasteiger partial charge on any atom is -0.306 e. The lowest BCUT2D eigenvalue weighted by molar-refractivity contribution is 0.506. The van der Waals surface area contributed by atoms with Crippen molar-refractivity contribution >= 4 is 31.9 Å². The van der Waals surface area contributed by atoms with Crippen molar-refractivity contribution in [1.29, 1.82) is 0 Å². The Kier molecular flexibility index (Phi) is 5.29. The van der Waals surface area contributed by atoms with Crippen LogP contribution in [0.4, 0.5) is 8.78 Å². The average Bonchev–Trinajstić information content (AvgIpc) is 2.43. The van der Waals surface area contributed by atoms with Gasteiger partial charge in [-0.3, -0.25) is 0 Å². The molecule has 5 heteroatoms. The molecule has 0 bridgehead atoms. The molecule has 2 rings (SSSR count). The lowest BCUT2D eigenvalue weighted by Crippen LogP contribution is -2.19. The summed E-state index contributed by atoms with van der Waals surface area (Å²) in [6.45, 7) is 2.08. The molecule has 0 aliphatic rings. The Morgan fingerprint density at radius 1 is 1.15 bits per heavy atom. The van der Waals surface area contributed by atoms with Gasteiger partial charge in [0.05, 0.1) is 4.47 Å². The zero-order valence-electron chi connectivity index (χ0n) is 10.8. The van der Waals surface area contributed by atoms with Gasteiger partial charge in [0.25, 0.3) is 0 Å². The zero-order chi connectivity index (χ0) is 14.7. The molecule has 0 saturated carbocycles. The minimum atomic E-state index is -0.557. The van der Waals surface area contributed by atoms with Crippen molar-refractivity contribution in [3.05, 3.63) is 68.1 Å². The predicted octanol–water partition coefficient (Wildman–Crippen LogP) is 5.34. The first kappa shape index (κ1) is 15.6. The van der Waals surface area contributed by atoms with Crippen LogP contribution in [0.5, 0.6) is 0 Å². The Morgan fingerprint density at radius 3 is 2.60 bits per heavy atom. The quantitative estimate of drug-likeness (QED) is 0.678. The normalized spacial score (nSPS) is 12.4. The van der Waals surface area contributed by atoms with Gasteiger partial charge >= 0.3 is 0 Å². The highest BCUT2D eigenvalue weighted by atomic mass is 79.9. The summed E-state index contributed by atoms with van der Waals surface area (Å²) in [7, 11) is 0. The third kappa shape index (κ3) is 3.65. The SMILES string of the molecule is CC(NCc1c(F)ccc(Br)c1F)c1cccc(Br)c1. The highest BCUT2D eigenvalue weighted by Gasteiger charge is 2.13. The maximum Gasteiger partial charge on any atom is 0.144 e. The highest BCUT2D eigenvalue weighted by Crippen LogP contribution is 2.23. The van der Waals surface area contributed by atoms with Crippen molar-refractivity contribution in [3.63, 3.8) is 0 Å². The molecule has 1 nitrogen and oxygen atoms in total. The number of hydrogen-bond acceptors (Lipinski definition) is 1. The Morgan fingerprint density at radius 2 is 1.90 bits per heavy atom. The molecule has 0 aliphatic heterocycles. The Labute approximate surface area is 133 Å². The highest BCUT2D eigenvalue weighted by molar-refractivity contribution is 9.10. The fourth-order valence-corrected chi connectivity index (χ4v) is 2.67. The number of rotatable bonds is 4. The van der Waals surface area contributed by atoms with E-state index >= 15 is 0 Å². The van der Waals surface area contributed by atoms with E-state index in [0.29, 0.717) is 0 Å². The molecule has 1 atom stereocenters.